The summed E-state index contributed by atoms with van der Waals surface area (Å²) in [6.45, 7) is 4.56. The van der Waals surface area contributed by atoms with Crippen LogP contribution in [-0.4, -0.2) is 24.3 Å². The molecule has 4 heteroatoms. The maximum Gasteiger partial charge on any atom is 0.370 e. The standard InChI is InChI=1S/C19H28O4/c1-17(19(20)21)22-15-11-6-4-2-3-5-7-12-16-23-18-13-9-8-10-14-18/h8-10,13-14H,1-7,11-12,15-16H2,(H,20,21). The second-order valence-corrected chi connectivity index (χ2v) is 5.57. The Labute approximate surface area is 139 Å². The Hall–Kier alpha value is -1.97. The molecule has 0 aliphatic rings. The maximum absolute atomic E-state index is 10.5. The van der Waals surface area contributed by atoms with E-state index in [1.165, 1.54) is 32.1 Å². The number of hydrogen-bond donors (Lipinski definition) is 1. The molecule has 0 aromatic heterocycles. The molecule has 128 valence electrons. The fourth-order valence-corrected chi connectivity index (χ4v) is 2.23. The molecular formula is C19H28O4. The van der Waals surface area contributed by atoms with E-state index in [0.29, 0.717) is 6.61 Å². The third kappa shape index (κ3) is 10.4. The Bertz CT molecular complexity index is 442. The lowest BCUT2D eigenvalue weighted by Crippen LogP contribution is -2.04. The van der Waals surface area contributed by atoms with Gasteiger partial charge in [-0.25, -0.2) is 4.79 Å². The van der Waals surface area contributed by atoms with Crippen molar-refractivity contribution in [1.82, 2.24) is 0 Å². The number of carbonyl (C=O) groups is 1. The van der Waals surface area contributed by atoms with Crippen molar-refractivity contribution in [2.24, 2.45) is 0 Å². The third-order valence-electron chi connectivity index (χ3n) is 3.57. The first-order chi connectivity index (χ1) is 11.2. The summed E-state index contributed by atoms with van der Waals surface area (Å²) in [7, 11) is 0. The molecule has 0 heterocycles. The van der Waals surface area contributed by atoms with Crippen molar-refractivity contribution in [3.8, 4) is 5.75 Å². The normalized spacial score (nSPS) is 10.3. The van der Waals surface area contributed by atoms with Crippen LogP contribution in [0.25, 0.3) is 0 Å². The van der Waals surface area contributed by atoms with Crippen LogP contribution in [0, 0.1) is 0 Å². The van der Waals surface area contributed by atoms with Crippen LogP contribution < -0.4 is 4.74 Å². The van der Waals surface area contributed by atoms with Gasteiger partial charge >= 0.3 is 5.97 Å². The van der Waals surface area contributed by atoms with Crippen molar-refractivity contribution in [3.05, 3.63) is 42.7 Å². The van der Waals surface area contributed by atoms with Crippen LogP contribution in [0.3, 0.4) is 0 Å². The van der Waals surface area contributed by atoms with E-state index in [-0.39, 0.29) is 5.76 Å². The first-order valence-corrected chi connectivity index (χ1v) is 8.43. The number of hydrogen-bond acceptors (Lipinski definition) is 3. The summed E-state index contributed by atoms with van der Waals surface area (Å²) in [5, 5.41) is 8.57. The van der Waals surface area contributed by atoms with Crippen LogP contribution >= 0.6 is 0 Å². The molecule has 4 nitrogen and oxygen atoms in total. The van der Waals surface area contributed by atoms with E-state index in [0.717, 1.165) is 31.6 Å². The highest BCUT2D eigenvalue weighted by Crippen LogP contribution is 2.11. The largest absolute Gasteiger partial charge is 0.494 e. The Morgan fingerprint density at radius 1 is 0.870 bits per heavy atom. The predicted octanol–water partition coefficient (Wildman–Crippen LogP) is 4.80. The molecule has 23 heavy (non-hydrogen) atoms. The SMILES string of the molecule is C=C(OCCCCCCCCCCOc1ccccc1)C(=O)O. The van der Waals surface area contributed by atoms with Crippen molar-refractivity contribution in [1.29, 1.82) is 0 Å². The van der Waals surface area contributed by atoms with Crippen LogP contribution in [0.5, 0.6) is 5.75 Å². The number of ether oxygens (including phenoxy) is 2. The molecule has 0 amide bonds. The molecule has 1 N–H and O–H groups in total. The van der Waals surface area contributed by atoms with E-state index in [9.17, 15) is 4.79 Å². The lowest BCUT2D eigenvalue weighted by molar-refractivity contribution is -0.136. The first-order valence-electron chi connectivity index (χ1n) is 8.43. The van der Waals surface area contributed by atoms with Crippen molar-refractivity contribution >= 4 is 5.97 Å². The number of carboxylic acids is 1. The quantitative estimate of drug-likeness (QED) is 0.304. The number of benzene rings is 1. The van der Waals surface area contributed by atoms with Gasteiger partial charge in [0.2, 0.25) is 0 Å². The fraction of sp³-hybridized carbons (Fsp3) is 0.526. The van der Waals surface area contributed by atoms with E-state index in [1.807, 2.05) is 30.3 Å². The molecule has 0 aliphatic carbocycles. The van der Waals surface area contributed by atoms with Crippen molar-refractivity contribution in [3.63, 3.8) is 0 Å². The monoisotopic (exact) mass is 320 g/mol. The van der Waals surface area contributed by atoms with Crippen LogP contribution in [0.1, 0.15) is 51.4 Å². The lowest BCUT2D eigenvalue weighted by Gasteiger charge is -2.06. The highest BCUT2D eigenvalue weighted by molar-refractivity contribution is 5.83. The molecule has 1 rings (SSSR count). The Morgan fingerprint density at radius 2 is 1.39 bits per heavy atom. The topological polar surface area (TPSA) is 55.8 Å². The number of aliphatic carboxylic acids is 1. The highest BCUT2D eigenvalue weighted by Gasteiger charge is 2.03. The Balaban J connectivity index is 1.80. The molecule has 1 aromatic rings. The van der Waals surface area contributed by atoms with E-state index in [4.69, 9.17) is 14.6 Å². The number of rotatable bonds is 14. The third-order valence-corrected chi connectivity index (χ3v) is 3.57. The van der Waals surface area contributed by atoms with Crippen LogP contribution in [0.15, 0.2) is 42.7 Å². The zero-order valence-electron chi connectivity index (χ0n) is 13.8. The minimum absolute atomic E-state index is 0.164. The van der Waals surface area contributed by atoms with Crippen LogP contribution in [-0.2, 0) is 9.53 Å². The van der Waals surface area contributed by atoms with Crippen molar-refractivity contribution in [2.45, 2.75) is 51.4 Å². The van der Waals surface area contributed by atoms with E-state index >= 15 is 0 Å². The minimum Gasteiger partial charge on any atom is -0.494 e. The molecule has 0 unspecified atom stereocenters. The summed E-state index contributed by atoms with van der Waals surface area (Å²) in [4.78, 5) is 10.5. The molecule has 1 aromatic carbocycles. The molecule has 0 aliphatic heterocycles. The predicted molar refractivity (Wildman–Crippen MR) is 91.6 cm³/mol. The molecule has 0 bridgehead atoms. The molecule has 0 spiro atoms. The molecule has 0 fully saturated rings. The van der Waals surface area contributed by atoms with Gasteiger partial charge in [-0.05, 0) is 31.6 Å². The van der Waals surface area contributed by atoms with Gasteiger partial charge in [0, 0.05) is 0 Å². The zero-order valence-corrected chi connectivity index (χ0v) is 13.8. The van der Waals surface area contributed by atoms with Gasteiger partial charge in [0.05, 0.1) is 13.2 Å². The second kappa shape index (κ2) is 12.6. The van der Waals surface area contributed by atoms with E-state index < -0.39 is 5.97 Å². The summed E-state index contributed by atoms with van der Waals surface area (Å²) in [6.07, 6.45) is 9.14. The summed E-state index contributed by atoms with van der Waals surface area (Å²) >= 11 is 0. The van der Waals surface area contributed by atoms with Gasteiger partial charge < -0.3 is 14.6 Å². The van der Waals surface area contributed by atoms with E-state index in [2.05, 4.69) is 6.58 Å². The summed E-state index contributed by atoms with van der Waals surface area (Å²) in [6, 6.07) is 9.92. The first kappa shape index (κ1) is 19.1. The molecule has 0 saturated carbocycles. The molecule has 0 radical (unpaired) electrons. The molecule has 0 saturated heterocycles. The van der Waals surface area contributed by atoms with Crippen LogP contribution in [0.4, 0.5) is 0 Å². The van der Waals surface area contributed by atoms with Gasteiger partial charge in [-0.1, -0.05) is 56.7 Å². The molecule has 0 atom stereocenters. The van der Waals surface area contributed by atoms with Gasteiger partial charge in [0.15, 0.2) is 5.76 Å². The van der Waals surface area contributed by atoms with Crippen molar-refractivity contribution < 1.29 is 19.4 Å². The zero-order chi connectivity index (χ0) is 16.8. The minimum atomic E-state index is -1.08. The number of para-hydroxylation sites is 1. The average molecular weight is 320 g/mol. The fourth-order valence-electron chi connectivity index (χ4n) is 2.23. The number of carboxylic acid groups (broad SMARTS) is 1. The summed E-state index contributed by atoms with van der Waals surface area (Å²) in [5.41, 5.74) is 0. The lowest BCUT2D eigenvalue weighted by atomic mass is 10.1. The Kier molecular flexibility index (Phi) is 10.4. The highest BCUT2D eigenvalue weighted by atomic mass is 16.5. The number of unbranched alkanes of at least 4 members (excludes halogenated alkanes) is 7. The van der Waals surface area contributed by atoms with Gasteiger partial charge in [-0.2, -0.15) is 0 Å². The maximum atomic E-state index is 10.5. The Morgan fingerprint density at radius 3 is 1.96 bits per heavy atom. The van der Waals surface area contributed by atoms with Gasteiger partial charge in [-0.3, -0.25) is 0 Å². The summed E-state index contributed by atoms with van der Waals surface area (Å²) in [5.74, 6) is -0.302. The summed E-state index contributed by atoms with van der Waals surface area (Å²) < 4.78 is 10.7. The second-order valence-electron chi connectivity index (χ2n) is 5.57. The van der Waals surface area contributed by atoms with Gasteiger partial charge in [0.1, 0.15) is 5.75 Å². The van der Waals surface area contributed by atoms with Gasteiger partial charge in [0.25, 0.3) is 0 Å². The van der Waals surface area contributed by atoms with Crippen molar-refractivity contribution in [2.75, 3.05) is 13.2 Å². The smallest absolute Gasteiger partial charge is 0.370 e. The van der Waals surface area contributed by atoms with E-state index in [1.54, 1.807) is 0 Å². The van der Waals surface area contributed by atoms with Gasteiger partial charge in [-0.15, -0.1) is 0 Å². The van der Waals surface area contributed by atoms with Crippen LogP contribution in [0.2, 0.25) is 0 Å². The average Bonchev–Trinajstić information content (AvgIpc) is 2.56. The molecular weight excluding hydrogens is 292 g/mol.